The van der Waals surface area contributed by atoms with Crippen LogP contribution in [0.2, 0.25) is 0 Å². The molecular formula is C18H23N5O5. The Morgan fingerprint density at radius 1 is 1.54 bits per heavy atom. The summed E-state index contributed by atoms with van der Waals surface area (Å²) < 4.78 is 6.94. The van der Waals surface area contributed by atoms with Gasteiger partial charge in [-0.2, -0.15) is 0 Å². The molecule has 28 heavy (non-hydrogen) atoms. The van der Waals surface area contributed by atoms with Gasteiger partial charge >= 0.3 is 5.69 Å². The van der Waals surface area contributed by atoms with Crippen LogP contribution in [0.15, 0.2) is 40.3 Å². The number of aromatic amines is 1. The van der Waals surface area contributed by atoms with E-state index >= 15 is 0 Å². The van der Waals surface area contributed by atoms with E-state index in [0.29, 0.717) is 12.0 Å². The number of aliphatic hydroxyl groups is 1. The predicted octanol–water partition coefficient (Wildman–Crippen LogP) is -1.43. The molecule has 0 radical (unpaired) electrons. The lowest BCUT2D eigenvalue weighted by atomic mass is 10.1. The van der Waals surface area contributed by atoms with Gasteiger partial charge in [0.15, 0.2) is 0 Å². The molecule has 0 aromatic carbocycles. The Labute approximate surface area is 160 Å². The lowest BCUT2D eigenvalue weighted by Gasteiger charge is -2.18. The van der Waals surface area contributed by atoms with Crippen LogP contribution in [0.3, 0.4) is 0 Å². The molecule has 0 bridgehead atoms. The molecular weight excluding hydrogens is 366 g/mol. The first-order valence-corrected chi connectivity index (χ1v) is 8.93. The summed E-state index contributed by atoms with van der Waals surface area (Å²) in [4.78, 5) is 41.9. The van der Waals surface area contributed by atoms with Crippen molar-refractivity contribution in [1.29, 1.82) is 0 Å². The second-order valence-corrected chi connectivity index (χ2v) is 6.83. The number of nitrogens with one attached hydrogen (secondary N) is 2. The van der Waals surface area contributed by atoms with E-state index in [0.717, 1.165) is 5.56 Å². The van der Waals surface area contributed by atoms with Crippen molar-refractivity contribution in [2.24, 2.45) is 5.73 Å². The van der Waals surface area contributed by atoms with Gasteiger partial charge in [0.1, 0.15) is 12.3 Å². The van der Waals surface area contributed by atoms with Gasteiger partial charge < -0.3 is 20.9 Å². The molecule has 4 atom stereocenters. The molecule has 10 nitrogen and oxygen atoms in total. The van der Waals surface area contributed by atoms with Gasteiger partial charge in [-0.1, -0.05) is 6.07 Å². The summed E-state index contributed by atoms with van der Waals surface area (Å²) in [7, 11) is 0. The summed E-state index contributed by atoms with van der Waals surface area (Å²) in [6.07, 6.45) is 2.87. The number of aliphatic hydroxyl groups excluding tert-OH is 1. The number of amides is 1. The summed E-state index contributed by atoms with van der Waals surface area (Å²) in [6.45, 7) is 1.62. The third-order valence-electron chi connectivity index (χ3n) is 4.65. The molecule has 1 aliphatic rings. The molecule has 0 saturated carbocycles. The fourth-order valence-corrected chi connectivity index (χ4v) is 3.07. The van der Waals surface area contributed by atoms with Crippen LogP contribution in [0.4, 0.5) is 0 Å². The maximum absolute atomic E-state index is 12.2. The van der Waals surface area contributed by atoms with E-state index in [1.165, 1.54) is 10.8 Å². The average Bonchev–Trinajstić information content (AvgIpc) is 3.04. The fourth-order valence-electron chi connectivity index (χ4n) is 3.07. The van der Waals surface area contributed by atoms with E-state index in [1.54, 1.807) is 25.4 Å². The quantitative estimate of drug-likeness (QED) is 0.473. The van der Waals surface area contributed by atoms with E-state index in [2.05, 4.69) is 15.3 Å². The van der Waals surface area contributed by atoms with E-state index in [4.69, 9.17) is 10.5 Å². The van der Waals surface area contributed by atoms with Crippen molar-refractivity contribution in [1.82, 2.24) is 19.9 Å². The number of nitrogens with two attached hydrogens (primary N) is 1. The third-order valence-corrected chi connectivity index (χ3v) is 4.65. The fraction of sp³-hybridized carbons (Fsp3) is 0.444. The molecule has 0 aliphatic carbocycles. The van der Waals surface area contributed by atoms with Crippen molar-refractivity contribution in [2.75, 3.05) is 6.54 Å². The van der Waals surface area contributed by atoms with Gasteiger partial charge in [-0.15, -0.1) is 0 Å². The molecule has 10 heteroatoms. The second-order valence-electron chi connectivity index (χ2n) is 6.83. The molecule has 0 unspecified atom stereocenters. The first-order chi connectivity index (χ1) is 13.3. The van der Waals surface area contributed by atoms with Gasteiger partial charge in [-0.3, -0.25) is 24.1 Å². The van der Waals surface area contributed by atoms with Crippen molar-refractivity contribution in [3.63, 3.8) is 0 Å². The number of rotatable bonds is 6. The minimum atomic E-state index is -0.876. The summed E-state index contributed by atoms with van der Waals surface area (Å²) in [6, 6.07) is 2.84. The lowest BCUT2D eigenvalue weighted by molar-refractivity contribution is -0.123. The van der Waals surface area contributed by atoms with Crippen LogP contribution in [0.5, 0.6) is 0 Å². The molecule has 0 spiro atoms. The van der Waals surface area contributed by atoms with Gasteiger partial charge in [0.25, 0.3) is 5.56 Å². The molecule has 2 aromatic heterocycles. The molecule has 2 aromatic rings. The Morgan fingerprint density at radius 3 is 3.04 bits per heavy atom. The maximum Gasteiger partial charge on any atom is 0.330 e. The van der Waals surface area contributed by atoms with E-state index in [1.807, 2.05) is 6.07 Å². The number of ether oxygens (including phenoxy) is 1. The first-order valence-electron chi connectivity index (χ1n) is 8.93. The van der Waals surface area contributed by atoms with Gasteiger partial charge in [0.05, 0.1) is 12.1 Å². The van der Waals surface area contributed by atoms with E-state index in [-0.39, 0.29) is 18.9 Å². The van der Waals surface area contributed by atoms with Crippen LogP contribution in [-0.2, 0) is 16.0 Å². The minimum absolute atomic E-state index is 0.0499. The summed E-state index contributed by atoms with van der Waals surface area (Å²) in [5.41, 5.74) is 6.03. The Bertz CT molecular complexity index is 941. The average molecular weight is 389 g/mol. The van der Waals surface area contributed by atoms with Crippen molar-refractivity contribution in [3.05, 3.63) is 62.7 Å². The molecule has 5 N–H and O–H groups in total. The number of pyridine rings is 1. The topological polar surface area (TPSA) is 152 Å². The van der Waals surface area contributed by atoms with Crippen LogP contribution in [0.25, 0.3) is 0 Å². The maximum atomic E-state index is 12.2. The van der Waals surface area contributed by atoms with Gasteiger partial charge in [-0.25, -0.2) is 4.79 Å². The van der Waals surface area contributed by atoms with Crippen molar-refractivity contribution < 1.29 is 14.6 Å². The summed E-state index contributed by atoms with van der Waals surface area (Å²) in [5, 5.41) is 12.9. The zero-order valence-electron chi connectivity index (χ0n) is 15.4. The standard InChI is InChI=1S/C18H23N5O5/c1-10-9-23(18(27)22-16(10)25)15-6-13(24)14(28-15)8-21-17(26)12(19)5-11-3-2-4-20-7-11/h2-4,7,9,12-15,24H,5-6,8,19H2,1H3,(H,21,26)(H,22,25,27)/t12-,13+,14-,15-/m1/s1. The van der Waals surface area contributed by atoms with Crippen LogP contribution in [0.1, 0.15) is 23.8 Å². The van der Waals surface area contributed by atoms with E-state index < -0.39 is 35.7 Å². The Kier molecular flexibility index (Phi) is 6.02. The first kappa shape index (κ1) is 19.9. The minimum Gasteiger partial charge on any atom is -0.390 e. The van der Waals surface area contributed by atoms with Gasteiger partial charge in [-0.05, 0) is 25.0 Å². The Morgan fingerprint density at radius 2 is 2.32 bits per heavy atom. The molecule has 3 rings (SSSR count). The number of hydrogen-bond acceptors (Lipinski definition) is 7. The van der Waals surface area contributed by atoms with Crippen LogP contribution >= 0.6 is 0 Å². The van der Waals surface area contributed by atoms with Crippen molar-refractivity contribution >= 4 is 5.91 Å². The molecule has 1 aliphatic heterocycles. The molecule has 1 fully saturated rings. The summed E-state index contributed by atoms with van der Waals surface area (Å²) in [5.74, 6) is -0.375. The van der Waals surface area contributed by atoms with Crippen LogP contribution in [0, 0.1) is 6.92 Å². The highest BCUT2D eigenvalue weighted by Crippen LogP contribution is 2.27. The lowest BCUT2D eigenvalue weighted by Crippen LogP contribution is -2.46. The second kappa shape index (κ2) is 8.46. The molecule has 3 heterocycles. The van der Waals surface area contributed by atoms with Crippen LogP contribution < -0.4 is 22.3 Å². The number of nitrogens with zero attached hydrogens (tertiary/aromatic N) is 2. The highest BCUT2D eigenvalue weighted by Gasteiger charge is 2.36. The number of aromatic nitrogens is 3. The Balaban J connectivity index is 1.57. The molecule has 150 valence electrons. The molecule has 1 amide bonds. The summed E-state index contributed by atoms with van der Waals surface area (Å²) >= 11 is 0. The monoisotopic (exact) mass is 389 g/mol. The van der Waals surface area contributed by atoms with Crippen molar-refractivity contribution in [3.8, 4) is 0 Å². The van der Waals surface area contributed by atoms with Gasteiger partial charge in [0.2, 0.25) is 5.91 Å². The highest BCUT2D eigenvalue weighted by molar-refractivity contribution is 5.81. The highest BCUT2D eigenvalue weighted by atomic mass is 16.5. The largest absolute Gasteiger partial charge is 0.390 e. The zero-order chi connectivity index (χ0) is 20.3. The third kappa shape index (κ3) is 4.53. The Hall–Kier alpha value is -2.82. The van der Waals surface area contributed by atoms with Crippen molar-refractivity contribution in [2.45, 2.75) is 44.2 Å². The zero-order valence-corrected chi connectivity index (χ0v) is 15.4. The number of hydrogen-bond donors (Lipinski definition) is 4. The molecule has 1 saturated heterocycles. The number of carbonyl (C=O) groups is 1. The smallest absolute Gasteiger partial charge is 0.330 e. The number of carbonyl (C=O) groups excluding carboxylic acids is 1. The number of aryl methyl sites for hydroxylation is 1. The predicted molar refractivity (Wildman–Crippen MR) is 99.5 cm³/mol. The van der Waals surface area contributed by atoms with Gasteiger partial charge in [0, 0.05) is 37.1 Å². The SMILES string of the molecule is Cc1cn([C@H]2C[C@H](O)[C@@H](CNC(=O)[C@H](N)Cc3cccnc3)O2)c(=O)[nH]c1=O. The normalized spacial score (nSPS) is 22.8. The van der Waals surface area contributed by atoms with E-state index in [9.17, 15) is 19.5 Å². The van der Waals surface area contributed by atoms with Crippen LogP contribution in [-0.4, -0.2) is 50.3 Å². The number of H-pyrrole nitrogens is 1.